The van der Waals surface area contributed by atoms with E-state index >= 15 is 0 Å². The predicted octanol–water partition coefficient (Wildman–Crippen LogP) is 3.08. The molecule has 1 aliphatic heterocycles. The van der Waals surface area contributed by atoms with E-state index in [-0.39, 0.29) is 36.6 Å². The van der Waals surface area contributed by atoms with Crippen LogP contribution in [0.5, 0.6) is 0 Å². The Labute approximate surface area is 224 Å². The summed E-state index contributed by atoms with van der Waals surface area (Å²) in [5, 5.41) is 30.2. The molecule has 4 atom stereocenters. The van der Waals surface area contributed by atoms with Crippen molar-refractivity contribution < 1.29 is 15.0 Å². The number of carbonyl (C=O) groups is 1. The molecule has 210 valence electrons. The van der Waals surface area contributed by atoms with Gasteiger partial charge in [0.15, 0.2) is 0 Å². The first-order valence-electron chi connectivity index (χ1n) is 14.4. The van der Waals surface area contributed by atoms with Crippen molar-refractivity contribution in [1.82, 2.24) is 20.9 Å². The number of carbonyl (C=O) groups excluding carboxylic acids is 1. The van der Waals surface area contributed by atoms with Crippen LogP contribution in [0.4, 0.5) is 0 Å². The maximum Gasteiger partial charge on any atom is 0.223 e. The van der Waals surface area contributed by atoms with Gasteiger partial charge in [-0.3, -0.25) is 9.69 Å². The Hall–Kier alpha value is -1.51. The van der Waals surface area contributed by atoms with Crippen LogP contribution >= 0.6 is 0 Å². The summed E-state index contributed by atoms with van der Waals surface area (Å²) in [6.45, 7) is 13.7. The minimum atomic E-state index is -0.511. The van der Waals surface area contributed by atoms with Gasteiger partial charge in [0.05, 0.1) is 19.3 Å². The van der Waals surface area contributed by atoms with Gasteiger partial charge in [0, 0.05) is 48.6 Å². The van der Waals surface area contributed by atoms with Crippen LogP contribution < -0.4 is 16.0 Å². The largest absolute Gasteiger partial charge is 0.396 e. The SMILES string of the molecule is CC(C)NC1(CNCC(C)(CO)CO)CC2CCCN(CC[C@H](NC(=O)C(C)C)c3ccccc3)C2C1. The van der Waals surface area contributed by atoms with Gasteiger partial charge in [-0.05, 0) is 50.1 Å². The topological polar surface area (TPSA) is 96.9 Å². The van der Waals surface area contributed by atoms with Gasteiger partial charge >= 0.3 is 0 Å². The zero-order chi connectivity index (χ0) is 27.1. The summed E-state index contributed by atoms with van der Waals surface area (Å²) in [5.74, 6) is 0.730. The third-order valence-electron chi connectivity index (χ3n) is 8.41. The standard InChI is InChI=1S/C30H52N4O3/c1-22(2)28(37)32-26(24-10-7-6-8-11-24)13-15-34-14-9-12-25-16-30(17-27(25)34,33-23(3)4)19-31-18-29(5,20-35)21-36/h6-8,10-11,22-23,25-27,31,33,35-36H,9,12-21H2,1-5H3,(H,32,37)/t25?,26-,27?,30?/m0/s1. The number of nitrogens with one attached hydrogen (secondary N) is 3. The second-order valence-electron chi connectivity index (χ2n) is 12.6. The van der Waals surface area contributed by atoms with Gasteiger partial charge in [-0.15, -0.1) is 0 Å². The molecule has 1 saturated carbocycles. The minimum Gasteiger partial charge on any atom is -0.396 e. The average Bonchev–Trinajstić information content (AvgIpc) is 3.24. The molecule has 1 amide bonds. The predicted molar refractivity (Wildman–Crippen MR) is 150 cm³/mol. The first-order valence-corrected chi connectivity index (χ1v) is 14.4. The summed E-state index contributed by atoms with van der Waals surface area (Å²) in [6.07, 6.45) is 5.61. The van der Waals surface area contributed by atoms with Crippen molar-refractivity contribution in [2.24, 2.45) is 17.3 Å². The Balaban J connectivity index is 1.69. The highest BCUT2D eigenvalue weighted by atomic mass is 16.3. The molecule has 7 heteroatoms. The Morgan fingerprint density at radius 3 is 2.46 bits per heavy atom. The lowest BCUT2D eigenvalue weighted by Gasteiger charge is -2.39. The van der Waals surface area contributed by atoms with E-state index in [2.05, 4.69) is 59.0 Å². The van der Waals surface area contributed by atoms with Gasteiger partial charge in [-0.2, -0.15) is 0 Å². The molecule has 2 fully saturated rings. The number of nitrogens with zero attached hydrogens (tertiary/aromatic N) is 1. The molecule has 0 bridgehead atoms. The van der Waals surface area contributed by atoms with Crippen LogP contribution in [0.2, 0.25) is 0 Å². The molecule has 5 N–H and O–H groups in total. The maximum atomic E-state index is 12.6. The van der Waals surface area contributed by atoms with E-state index in [4.69, 9.17) is 0 Å². The lowest BCUT2D eigenvalue weighted by molar-refractivity contribution is -0.124. The van der Waals surface area contributed by atoms with Crippen molar-refractivity contribution in [3.8, 4) is 0 Å². The summed E-state index contributed by atoms with van der Waals surface area (Å²) in [5.41, 5.74) is 0.665. The highest BCUT2D eigenvalue weighted by molar-refractivity contribution is 5.78. The molecule has 1 aromatic carbocycles. The Kier molecular flexibility index (Phi) is 11.0. The van der Waals surface area contributed by atoms with E-state index in [0.29, 0.717) is 24.5 Å². The summed E-state index contributed by atoms with van der Waals surface area (Å²) in [7, 11) is 0. The van der Waals surface area contributed by atoms with Crippen molar-refractivity contribution >= 4 is 5.91 Å². The highest BCUT2D eigenvalue weighted by Gasteiger charge is 2.48. The number of hydrogen-bond acceptors (Lipinski definition) is 6. The van der Waals surface area contributed by atoms with Gasteiger partial charge in [0.2, 0.25) is 5.91 Å². The number of piperidine rings is 1. The van der Waals surface area contributed by atoms with Crippen molar-refractivity contribution in [3.63, 3.8) is 0 Å². The third-order valence-corrected chi connectivity index (χ3v) is 8.41. The summed E-state index contributed by atoms with van der Waals surface area (Å²) < 4.78 is 0. The van der Waals surface area contributed by atoms with Crippen LogP contribution in [-0.2, 0) is 4.79 Å². The van der Waals surface area contributed by atoms with Crippen molar-refractivity contribution in [1.29, 1.82) is 0 Å². The average molecular weight is 517 g/mol. The number of aliphatic hydroxyl groups is 2. The molecule has 1 aliphatic carbocycles. The van der Waals surface area contributed by atoms with Crippen molar-refractivity contribution in [2.75, 3.05) is 39.4 Å². The third kappa shape index (κ3) is 8.24. The zero-order valence-electron chi connectivity index (χ0n) is 23.8. The van der Waals surface area contributed by atoms with Crippen LogP contribution in [0.3, 0.4) is 0 Å². The molecule has 0 radical (unpaired) electrons. The van der Waals surface area contributed by atoms with Crippen LogP contribution in [0.25, 0.3) is 0 Å². The van der Waals surface area contributed by atoms with E-state index in [0.717, 1.165) is 38.9 Å². The Bertz CT molecular complexity index is 829. The van der Waals surface area contributed by atoms with Gasteiger partial charge in [0.1, 0.15) is 0 Å². The molecule has 0 spiro atoms. The molecule has 0 aromatic heterocycles. The molecule has 7 nitrogen and oxygen atoms in total. The van der Waals surface area contributed by atoms with Crippen LogP contribution in [0.15, 0.2) is 30.3 Å². The summed E-state index contributed by atoms with van der Waals surface area (Å²) in [6, 6.07) is 11.3. The fourth-order valence-corrected chi connectivity index (χ4v) is 6.34. The second kappa shape index (κ2) is 13.5. The fourth-order valence-electron chi connectivity index (χ4n) is 6.34. The Morgan fingerprint density at radius 1 is 1.14 bits per heavy atom. The normalized spacial score (nSPS) is 25.4. The summed E-state index contributed by atoms with van der Waals surface area (Å²) in [4.78, 5) is 15.3. The molecule has 37 heavy (non-hydrogen) atoms. The number of fused-ring (bicyclic) bond motifs is 1. The molecule has 3 rings (SSSR count). The smallest absolute Gasteiger partial charge is 0.223 e. The maximum absolute atomic E-state index is 12.6. The van der Waals surface area contributed by atoms with Gasteiger partial charge in [0.25, 0.3) is 0 Å². The minimum absolute atomic E-state index is 0.00258. The van der Waals surface area contributed by atoms with Gasteiger partial charge in [-0.25, -0.2) is 0 Å². The van der Waals surface area contributed by atoms with Gasteiger partial charge in [-0.1, -0.05) is 65.0 Å². The number of benzene rings is 1. The molecule has 1 saturated heterocycles. The second-order valence-corrected chi connectivity index (χ2v) is 12.6. The van der Waals surface area contributed by atoms with E-state index in [1.165, 1.54) is 18.4 Å². The Morgan fingerprint density at radius 2 is 1.84 bits per heavy atom. The number of amides is 1. The molecular formula is C30H52N4O3. The molecule has 1 aromatic rings. The van der Waals surface area contributed by atoms with Gasteiger partial charge < -0.3 is 26.2 Å². The molecular weight excluding hydrogens is 464 g/mol. The van der Waals surface area contributed by atoms with Crippen LogP contribution in [0.1, 0.15) is 78.3 Å². The van der Waals surface area contributed by atoms with Crippen molar-refractivity contribution in [3.05, 3.63) is 35.9 Å². The monoisotopic (exact) mass is 516 g/mol. The van der Waals surface area contributed by atoms with E-state index in [9.17, 15) is 15.0 Å². The lowest BCUT2D eigenvalue weighted by Crippen LogP contribution is -2.55. The first-order chi connectivity index (χ1) is 17.6. The van der Waals surface area contributed by atoms with Crippen LogP contribution in [0, 0.1) is 17.3 Å². The molecule has 2 aliphatic rings. The fraction of sp³-hybridized carbons (Fsp3) is 0.767. The molecule has 1 heterocycles. The molecule has 3 unspecified atom stereocenters. The number of aliphatic hydroxyl groups excluding tert-OH is 2. The van der Waals surface area contributed by atoms with E-state index < -0.39 is 5.41 Å². The van der Waals surface area contributed by atoms with E-state index in [1.807, 2.05) is 26.8 Å². The quantitative estimate of drug-likeness (QED) is 0.261. The van der Waals surface area contributed by atoms with Crippen LogP contribution in [-0.4, -0.2) is 78.0 Å². The lowest BCUT2D eigenvalue weighted by atomic mass is 9.90. The first kappa shape index (κ1) is 30.0. The number of likely N-dealkylation sites (tertiary alicyclic amines) is 1. The summed E-state index contributed by atoms with van der Waals surface area (Å²) >= 11 is 0. The number of rotatable bonds is 14. The highest BCUT2D eigenvalue weighted by Crippen LogP contribution is 2.43. The zero-order valence-corrected chi connectivity index (χ0v) is 23.8. The van der Waals surface area contributed by atoms with Crippen molar-refractivity contribution in [2.45, 2.75) is 90.4 Å². The number of hydrogen-bond donors (Lipinski definition) is 5. The van der Waals surface area contributed by atoms with E-state index in [1.54, 1.807) is 0 Å².